The van der Waals surface area contributed by atoms with Crippen LogP contribution in [0.4, 0.5) is 0 Å². The monoisotopic (exact) mass is 484 g/mol. The molecule has 0 fully saturated rings. The van der Waals surface area contributed by atoms with Crippen LogP contribution in [-0.4, -0.2) is 5.11 Å². The number of phenols is 1. The first-order valence-electron chi connectivity index (χ1n) is 12.1. The third-order valence-electron chi connectivity index (χ3n) is 6.96. The number of benzene rings is 6. The molecule has 0 aliphatic carbocycles. The fourth-order valence-corrected chi connectivity index (χ4v) is 9.10. The van der Waals surface area contributed by atoms with Crippen molar-refractivity contribution in [2.24, 2.45) is 0 Å². The Morgan fingerprint density at radius 1 is 0.500 bits per heavy atom. The van der Waals surface area contributed by atoms with Gasteiger partial charge in [0, 0.05) is 16.2 Å². The first-order valence-corrected chi connectivity index (χ1v) is 13.8. The zero-order valence-corrected chi connectivity index (χ0v) is 20.6. The molecule has 6 aromatic carbocycles. The molecule has 6 rings (SSSR count). The van der Waals surface area contributed by atoms with Gasteiger partial charge in [-0.25, -0.2) is 0 Å². The van der Waals surface area contributed by atoms with E-state index in [1.807, 2.05) is 97.1 Å². The average Bonchev–Trinajstić information content (AvgIpc) is 2.94. The Kier molecular flexibility index (Phi) is 5.68. The number of para-hydroxylation sites is 1. The summed E-state index contributed by atoms with van der Waals surface area (Å²) in [5.74, 6) is 0.145. The van der Waals surface area contributed by atoms with Crippen LogP contribution in [0.15, 0.2) is 140 Å². The summed E-state index contributed by atoms with van der Waals surface area (Å²) >= 11 is 0. The van der Waals surface area contributed by atoms with Crippen LogP contribution in [0.1, 0.15) is 16.8 Å². The van der Waals surface area contributed by atoms with Gasteiger partial charge in [-0.3, -0.25) is 0 Å². The van der Waals surface area contributed by atoms with Crippen molar-refractivity contribution < 1.29 is 9.67 Å². The highest BCUT2D eigenvalue weighted by Gasteiger charge is 2.42. The highest BCUT2D eigenvalue weighted by Crippen LogP contribution is 2.63. The summed E-state index contributed by atoms with van der Waals surface area (Å²) in [5, 5.41) is 16.7. The van der Waals surface area contributed by atoms with E-state index < -0.39 is 12.8 Å². The van der Waals surface area contributed by atoms with E-state index in [2.05, 4.69) is 36.4 Å². The minimum atomic E-state index is -3.46. The smallest absolute Gasteiger partial charge is 0.155 e. The van der Waals surface area contributed by atoms with Crippen molar-refractivity contribution in [2.75, 3.05) is 0 Å². The molecule has 1 atom stereocenters. The first kappa shape index (κ1) is 22.3. The average molecular weight is 485 g/mol. The third-order valence-corrected chi connectivity index (χ3v) is 10.5. The van der Waals surface area contributed by atoms with Gasteiger partial charge in [-0.15, -0.1) is 0 Å². The molecule has 1 unspecified atom stereocenters. The summed E-state index contributed by atoms with van der Waals surface area (Å²) < 4.78 is 16.2. The van der Waals surface area contributed by atoms with Crippen molar-refractivity contribution in [1.82, 2.24) is 0 Å². The molecular weight excluding hydrogens is 459 g/mol. The molecule has 0 radical (unpaired) electrons. The number of hydrogen-bond acceptors (Lipinski definition) is 2. The largest absolute Gasteiger partial charge is 0.508 e. The molecule has 1 N–H and O–H groups in total. The van der Waals surface area contributed by atoms with Crippen LogP contribution in [-0.2, 0) is 4.57 Å². The summed E-state index contributed by atoms with van der Waals surface area (Å²) in [7, 11) is -3.46. The molecule has 0 saturated carbocycles. The SMILES string of the molecule is O=P(c1cccc2ccccc12)(c1cccc2ccccc12)C(c1ccccc1)c1ccccc1O. The van der Waals surface area contributed by atoms with Crippen molar-refractivity contribution in [1.29, 1.82) is 0 Å². The zero-order valence-electron chi connectivity index (χ0n) is 19.7. The molecule has 0 amide bonds. The van der Waals surface area contributed by atoms with Crippen molar-refractivity contribution in [2.45, 2.75) is 5.66 Å². The van der Waals surface area contributed by atoms with E-state index in [0.717, 1.165) is 37.7 Å². The van der Waals surface area contributed by atoms with Gasteiger partial charge in [0.15, 0.2) is 7.14 Å². The van der Waals surface area contributed by atoms with Gasteiger partial charge < -0.3 is 9.67 Å². The predicted octanol–water partition coefficient (Wildman–Crippen LogP) is 7.80. The number of hydrogen-bond donors (Lipinski definition) is 1. The van der Waals surface area contributed by atoms with E-state index in [1.165, 1.54) is 0 Å². The maximum absolute atomic E-state index is 16.2. The number of rotatable bonds is 5. The molecule has 3 heteroatoms. The normalized spacial score (nSPS) is 12.6. The predicted molar refractivity (Wildman–Crippen MR) is 151 cm³/mol. The standard InChI is InChI=1S/C33H25O2P/c34-30-21-9-8-20-29(30)33(26-14-2-1-3-15-26)36(35,31-22-10-16-24-12-4-6-18-27(24)31)32-23-11-17-25-13-5-7-19-28(25)32/h1-23,33-34H. The fraction of sp³-hybridized carbons (Fsp3) is 0.0303. The highest BCUT2D eigenvalue weighted by molar-refractivity contribution is 7.80. The van der Waals surface area contributed by atoms with Crippen molar-refractivity contribution in [3.63, 3.8) is 0 Å². The number of phenolic OH excluding ortho intramolecular Hbond substituents is 1. The second kappa shape index (κ2) is 9.15. The van der Waals surface area contributed by atoms with Crippen molar-refractivity contribution >= 4 is 39.3 Å². The Hall–Kier alpha value is -4.13. The van der Waals surface area contributed by atoms with Crippen LogP contribution >= 0.6 is 7.14 Å². The summed E-state index contributed by atoms with van der Waals surface area (Å²) in [6.07, 6.45) is 0. The van der Waals surface area contributed by atoms with Gasteiger partial charge in [0.2, 0.25) is 0 Å². The van der Waals surface area contributed by atoms with Crippen LogP contribution in [0.2, 0.25) is 0 Å². The van der Waals surface area contributed by atoms with Gasteiger partial charge in [0.1, 0.15) is 5.75 Å². The van der Waals surface area contributed by atoms with Crippen LogP contribution in [0.5, 0.6) is 5.75 Å². The second-order valence-corrected chi connectivity index (χ2v) is 11.8. The highest BCUT2D eigenvalue weighted by atomic mass is 31.2. The molecule has 36 heavy (non-hydrogen) atoms. The molecule has 0 aliphatic rings. The summed E-state index contributed by atoms with van der Waals surface area (Å²) in [6.45, 7) is 0. The van der Waals surface area contributed by atoms with Gasteiger partial charge >= 0.3 is 0 Å². The summed E-state index contributed by atoms with van der Waals surface area (Å²) in [6, 6.07) is 45.6. The lowest BCUT2D eigenvalue weighted by atomic mass is 10.0. The summed E-state index contributed by atoms with van der Waals surface area (Å²) in [4.78, 5) is 0. The van der Waals surface area contributed by atoms with Crippen molar-refractivity contribution in [3.05, 3.63) is 151 Å². The fourth-order valence-electron chi connectivity index (χ4n) is 5.34. The molecule has 0 spiro atoms. The first-order chi connectivity index (χ1) is 17.7. The summed E-state index contributed by atoms with van der Waals surface area (Å²) in [5.41, 5.74) is 0.993. The van der Waals surface area contributed by atoms with E-state index in [4.69, 9.17) is 0 Å². The minimum absolute atomic E-state index is 0.145. The Labute approximate surface area is 210 Å². The molecule has 174 valence electrons. The Morgan fingerprint density at radius 3 is 1.56 bits per heavy atom. The maximum atomic E-state index is 16.2. The van der Waals surface area contributed by atoms with Crippen molar-refractivity contribution in [3.8, 4) is 5.75 Å². The molecular formula is C33H25O2P. The van der Waals surface area contributed by atoms with E-state index in [0.29, 0.717) is 5.56 Å². The zero-order chi connectivity index (χ0) is 24.5. The van der Waals surface area contributed by atoms with Crippen LogP contribution < -0.4 is 10.6 Å². The lowest BCUT2D eigenvalue weighted by Gasteiger charge is -2.32. The molecule has 0 heterocycles. The van der Waals surface area contributed by atoms with Crippen LogP contribution in [0, 0.1) is 0 Å². The van der Waals surface area contributed by atoms with E-state index >= 15 is 4.57 Å². The van der Waals surface area contributed by atoms with E-state index in [-0.39, 0.29) is 5.75 Å². The molecule has 0 aliphatic heterocycles. The van der Waals surface area contributed by atoms with Gasteiger partial charge in [0.05, 0.1) is 5.66 Å². The Bertz CT molecular complexity index is 1650. The lowest BCUT2D eigenvalue weighted by molar-refractivity contribution is 0.468. The van der Waals surface area contributed by atoms with Gasteiger partial charge in [-0.1, -0.05) is 133 Å². The Balaban J connectivity index is 1.80. The second-order valence-electron chi connectivity index (χ2n) is 9.03. The Morgan fingerprint density at radius 2 is 0.972 bits per heavy atom. The number of aromatic hydroxyl groups is 1. The lowest BCUT2D eigenvalue weighted by Crippen LogP contribution is -2.23. The van der Waals surface area contributed by atoms with E-state index in [1.54, 1.807) is 6.07 Å². The van der Waals surface area contributed by atoms with Crippen LogP contribution in [0.3, 0.4) is 0 Å². The molecule has 6 aromatic rings. The van der Waals surface area contributed by atoms with Gasteiger partial charge in [-0.05, 0) is 33.2 Å². The maximum Gasteiger partial charge on any atom is 0.155 e. The topological polar surface area (TPSA) is 37.3 Å². The number of fused-ring (bicyclic) bond motifs is 2. The van der Waals surface area contributed by atoms with E-state index in [9.17, 15) is 5.11 Å². The molecule has 0 bridgehead atoms. The molecule has 2 nitrogen and oxygen atoms in total. The van der Waals surface area contributed by atoms with Gasteiger partial charge in [0.25, 0.3) is 0 Å². The minimum Gasteiger partial charge on any atom is -0.508 e. The van der Waals surface area contributed by atoms with Gasteiger partial charge in [-0.2, -0.15) is 0 Å². The van der Waals surface area contributed by atoms with Crippen LogP contribution in [0.25, 0.3) is 21.5 Å². The third kappa shape index (κ3) is 3.63. The molecule has 0 saturated heterocycles. The molecule has 0 aromatic heterocycles. The quantitative estimate of drug-likeness (QED) is 0.254.